The molecule has 0 bridgehead atoms. The van der Waals surface area contributed by atoms with E-state index in [0.717, 1.165) is 5.56 Å². The summed E-state index contributed by atoms with van der Waals surface area (Å²) in [6.07, 6.45) is 0. The number of hydrogen-bond acceptors (Lipinski definition) is 5. The molecule has 3 N–H and O–H groups in total. The summed E-state index contributed by atoms with van der Waals surface area (Å²) in [5.41, 5.74) is 0.916. The van der Waals surface area contributed by atoms with Gasteiger partial charge >= 0.3 is 6.03 Å². The lowest BCUT2D eigenvalue weighted by molar-refractivity contribution is -0.124. The number of hydrogen-bond donors (Lipinski definition) is 3. The molecular weight excluding hydrogens is 465 g/mol. The van der Waals surface area contributed by atoms with Crippen LogP contribution in [0.1, 0.15) is 12.5 Å². The number of methoxy groups -OCH3 is 2. The van der Waals surface area contributed by atoms with E-state index < -0.39 is 0 Å². The number of benzene rings is 1. The molecule has 3 amide bonds. The molecule has 10 heteroatoms. The van der Waals surface area contributed by atoms with Gasteiger partial charge in [-0.25, -0.2) is 9.79 Å². The van der Waals surface area contributed by atoms with Crippen LogP contribution in [0.4, 0.5) is 4.79 Å². The maximum atomic E-state index is 11.6. The second kappa shape index (κ2) is 11.5. The molecule has 0 aromatic heterocycles. The number of nitrogens with zero attached hydrogens (tertiary/aromatic N) is 2. The third-order valence-electron chi connectivity index (χ3n) is 3.81. The Morgan fingerprint density at radius 1 is 1.26 bits per heavy atom. The van der Waals surface area contributed by atoms with E-state index in [4.69, 9.17) is 9.47 Å². The van der Waals surface area contributed by atoms with Crippen LogP contribution >= 0.6 is 24.0 Å². The largest absolute Gasteiger partial charge is 0.497 e. The Balaban J connectivity index is 0.00000364. The molecular formula is C17H26IN5O4. The summed E-state index contributed by atoms with van der Waals surface area (Å²) in [5.74, 6) is 1.79. The van der Waals surface area contributed by atoms with Crippen LogP contribution in [0.25, 0.3) is 0 Å². The van der Waals surface area contributed by atoms with E-state index in [1.807, 2.05) is 25.1 Å². The molecule has 1 heterocycles. The summed E-state index contributed by atoms with van der Waals surface area (Å²) in [5, 5.41) is 8.74. The van der Waals surface area contributed by atoms with Crippen LogP contribution in [-0.2, 0) is 11.3 Å². The first kappa shape index (κ1) is 22.8. The molecule has 0 unspecified atom stereocenters. The van der Waals surface area contributed by atoms with Crippen LogP contribution in [-0.4, -0.2) is 63.2 Å². The number of guanidine groups is 1. The second-order valence-electron chi connectivity index (χ2n) is 5.50. The summed E-state index contributed by atoms with van der Waals surface area (Å²) in [6, 6.07) is 5.20. The van der Waals surface area contributed by atoms with Crippen molar-refractivity contribution in [3.63, 3.8) is 0 Å². The fraction of sp³-hybridized carbons (Fsp3) is 0.471. The molecule has 2 rings (SSSR count). The van der Waals surface area contributed by atoms with E-state index in [1.165, 1.54) is 4.90 Å². The number of ether oxygens (including phenoxy) is 2. The fourth-order valence-corrected chi connectivity index (χ4v) is 2.46. The average molecular weight is 491 g/mol. The smallest absolute Gasteiger partial charge is 0.324 e. The van der Waals surface area contributed by atoms with E-state index in [-0.39, 0.29) is 49.0 Å². The molecule has 1 aromatic rings. The summed E-state index contributed by atoms with van der Waals surface area (Å²) in [6.45, 7) is 3.80. The molecule has 150 valence electrons. The van der Waals surface area contributed by atoms with Crippen molar-refractivity contribution in [1.82, 2.24) is 20.9 Å². The molecule has 27 heavy (non-hydrogen) atoms. The van der Waals surface area contributed by atoms with Gasteiger partial charge in [-0.15, -0.1) is 24.0 Å². The predicted molar refractivity (Wildman–Crippen MR) is 113 cm³/mol. The Bertz CT molecular complexity index is 667. The van der Waals surface area contributed by atoms with Crippen molar-refractivity contribution in [2.75, 3.05) is 40.4 Å². The van der Waals surface area contributed by atoms with Gasteiger partial charge in [-0.05, 0) is 19.1 Å². The predicted octanol–water partition coefficient (Wildman–Crippen LogP) is 0.929. The summed E-state index contributed by atoms with van der Waals surface area (Å²) in [4.78, 5) is 28.8. The van der Waals surface area contributed by atoms with Gasteiger partial charge in [0.15, 0.2) is 5.96 Å². The molecule has 1 aliphatic heterocycles. The average Bonchev–Trinajstić information content (AvgIpc) is 2.97. The minimum Gasteiger partial charge on any atom is -0.497 e. The van der Waals surface area contributed by atoms with Gasteiger partial charge in [0.05, 0.1) is 27.3 Å². The first-order valence-corrected chi connectivity index (χ1v) is 8.40. The highest BCUT2D eigenvalue weighted by atomic mass is 127. The molecule has 0 saturated carbocycles. The number of rotatable bonds is 8. The lowest BCUT2D eigenvalue weighted by Crippen LogP contribution is -2.43. The van der Waals surface area contributed by atoms with Crippen LogP contribution in [0.3, 0.4) is 0 Å². The van der Waals surface area contributed by atoms with E-state index in [2.05, 4.69) is 20.9 Å². The van der Waals surface area contributed by atoms with E-state index in [9.17, 15) is 9.59 Å². The SMILES string of the molecule is CCNC(=NCc1ccc(OC)cc1OC)NCCN1C(=O)CNC1=O.I. The van der Waals surface area contributed by atoms with Crippen molar-refractivity contribution >= 4 is 41.9 Å². The van der Waals surface area contributed by atoms with Crippen molar-refractivity contribution in [2.45, 2.75) is 13.5 Å². The number of imide groups is 1. The minimum absolute atomic E-state index is 0. The number of amides is 3. The van der Waals surface area contributed by atoms with E-state index in [1.54, 1.807) is 14.2 Å². The zero-order valence-corrected chi connectivity index (χ0v) is 18.0. The molecule has 1 saturated heterocycles. The van der Waals surface area contributed by atoms with Gasteiger partial charge in [0, 0.05) is 31.3 Å². The van der Waals surface area contributed by atoms with Crippen LogP contribution in [0.15, 0.2) is 23.2 Å². The van der Waals surface area contributed by atoms with Gasteiger partial charge < -0.3 is 25.4 Å². The third kappa shape index (κ3) is 6.45. The van der Waals surface area contributed by atoms with Gasteiger partial charge in [-0.1, -0.05) is 0 Å². The molecule has 0 aliphatic carbocycles. The highest BCUT2D eigenvalue weighted by molar-refractivity contribution is 14.0. The van der Waals surface area contributed by atoms with Crippen molar-refractivity contribution in [2.24, 2.45) is 4.99 Å². The zero-order valence-electron chi connectivity index (χ0n) is 15.7. The molecule has 1 aliphatic rings. The van der Waals surface area contributed by atoms with Gasteiger partial charge in [0.2, 0.25) is 5.91 Å². The lowest BCUT2D eigenvalue weighted by atomic mass is 10.2. The van der Waals surface area contributed by atoms with E-state index >= 15 is 0 Å². The Kier molecular flexibility index (Phi) is 9.68. The standard InChI is InChI=1S/C17H25N5O4.HI/c1-4-18-16(19-7-8-22-15(23)11-21-17(22)24)20-10-12-5-6-13(25-2)9-14(12)26-3;/h5-6,9H,4,7-8,10-11H2,1-3H3,(H,21,24)(H2,18,19,20);1H. The van der Waals surface area contributed by atoms with Crippen LogP contribution in [0, 0.1) is 0 Å². The number of urea groups is 1. The Morgan fingerprint density at radius 3 is 2.63 bits per heavy atom. The van der Waals surface area contributed by atoms with Crippen molar-refractivity contribution in [3.05, 3.63) is 23.8 Å². The number of carbonyl (C=O) groups excluding carboxylic acids is 2. The second-order valence-corrected chi connectivity index (χ2v) is 5.50. The number of carbonyl (C=O) groups is 2. The summed E-state index contributed by atoms with van der Waals surface area (Å²) >= 11 is 0. The monoisotopic (exact) mass is 491 g/mol. The minimum atomic E-state index is -0.360. The van der Waals surface area contributed by atoms with Crippen molar-refractivity contribution in [1.29, 1.82) is 0 Å². The quantitative estimate of drug-likeness (QED) is 0.216. The first-order chi connectivity index (χ1) is 12.6. The van der Waals surface area contributed by atoms with Crippen molar-refractivity contribution in [3.8, 4) is 11.5 Å². The lowest BCUT2D eigenvalue weighted by Gasteiger charge is -2.15. The highest BCUT2D eigenvalue weighted by Gasteiger charge is 2.27. The van der Waals surface area contributed by atoms with Gasteiger partial charge in [-0.3, -0.25) is 9.69 Å². The zero-order chi connectivity index (χ0) is 18.9. The summed E-state index contributed by atoms with van der Waals surface area (Å²) < 4.78 is 10.6. The fourth-order valence-electron chi connectivity index (χ4n) is 2.46. The van der Waals surface area contributed by atoms with Crippen molar-refractivity contribution < 1.29 is 19.1 Å². The van der Waals surface area contributed by atoms with Gasteiger partial charge in [0.25, 0.3) is 0 Å². The van der Waals surface area contributed by atoms with Gasteiger partial charge in [0.1, 0.15) is 11.5 Å². The molecule has 1 fully saturated rings. The van der Waals surface area contributed by atoms with Crippen LogP contribution in [0.2, 0.25) is 0 Å². The first-order valence-electron chi connectivity index (χ1n) is 8.40. The molecule has 0 radical (unpaired) electrons. The molecule has 9 nitrogen and oxygen atoms in total. The number of aliphatic imine (C=N–C) groups is 1. The number of halogens is 1. The Morgan fingerprint density at radius 2 is 2.04 bits per heavy atom. The van der Waals surface area contributed by atoms with Crippen LogP contribution in [0.5, 0.6) is 11.5 Å². The topological polar surface area (TPSA) is 104 Å². The van der Waals surface area contributed by atoms with Gasteiger partial charge in [-0.2, -0.15) is 0 Å². The van der Waals surface area contributed by atoms with E-state index in [0.29, 0.717) is 37.1 Å². The maximum absolute atomic E-state index is 11.6. The Labute approximate surface area is 175 Å². The highest BCUT2D eigenvalue weighted by Crippen LogP contribution is 2.25. The molecule has 1 aromatic carbocycles. The maximum Gasteiger partial charge on any atom is 0.324 e. The normalized spacial score (nSPS) is 13.7. The van der Waals surface area contributed by atoms with Crippen LogP contribution < -0.4 is 25.4 Å². The molecule has 0 spiro atoms. The Hall–Kier alpha value is -2.24. The third-order valence-corrected chi connectivity index (χ3v) is 3.81. The summed E-state index contributed by atoms with van der Waals surface area (Å²) in [7, 11) is 3.20. The molecule has 0 atom stereocenters. The number of nitrogens with one attached hydrogen (secondary N) is 3.